The smallest absolute Gasteiger partial charge is 0.265 e. The van der Waals surface area contributed by atoms with Gasteiger partial charge in [0, 0.05) is 0 Å². The van der Waals surface area contributed by atoms with Gasteiger partial charge in [-0.05, 0) is 25.5 Å². The third-order valence-electron chi connectivity index (χ3n) is 3.68. The summed E-state index contributed by atoms with van der Waals surface area (Å²) < 4.78 is 5.45. The third kappa shape index (κ3) is 3.23. The minimum Gasteiger partial charge on any atom is -0.482 e. The summed E-state index contributed by atoms with van der Waals surface area (Å²) in [6.07, 6.45) is 1.31. The maximum atomic E-state index is 12.8. The molecule has 24 heavy (non-hydrogen) atoms. The van der Waals surface area contributed by atoms with Crippen LogP contribution in [0, 0.1) is 6.92 Å². The molecule has 3 rings (SSSR count). The highest BCUT2D eigenvalue weighted by Gasteiger charge is 2.35. The average Bonchev–Trinajstić information content (AvgIpc) is 2.98. The number of carbonyl (C=O) groups excluding carboxylic acids is 2. The summed E-state index contributed by atoms with van der Waals surface area (Å²) in [7, 11) is 0. The Morgan fingerprint density at radius 1 is 1.42 bits per heavy atom. The van der Waals surface area contributed by atoms with E-state index in [0.717, 1.165) is 11.4 Å². The first-order valence-corrected chi connectivity index (χ1v) is 8.56. The number of ether oxygens (including phenoxy) is 1. The summed E-state index contributed by atoms with van der Waals surface area (Å²) in [5.41, 5.74) is 0.621. The molecular weight excluding hydrogens is 328 g/mol. The molecular formula is C16H18N4O3S. The Balaban J connectivity index is 1.89. The van der Waals surface area contributed by atoms with Crippen LogP contribution in [-0.4, -0.2) is 34.7 Å². The first-order chi connectivity index (χ1) is 11.6. The zero-order chi connectivity index (χ0) is 17.1. The summed E-state index contributed by atoms with van der Waals surface area (Å²) in [6, 6.07) is 6.63. The highest BCUT2D eigenvalue weighted by Crippen LogP contribution is 2.34. The maximum Gasteiger partial charge on any atom is 0.265 e. The van der Waals surface area contributed by atoms with Crippen LogP contribution in [-0.2, 0) is 9.59 Å². The second-order valence-electron chi connectivity index (χ2n) is 5.44. The molecule has 1 aliphatic heterocycles. The molecule has 0 radical (unpaired) electrons. The van der Waals surface area contributed by atoms with Crippen LogP contribution in [0.3, 0.4) is 0 Å². The van der Waals surface area contributed by atoms with Crippen LogP contribution in [0.4, 0.5) is 10.8 Å². The minimum atomic E-state index is -0.614. The molecule has 2 amide bonds. The SMILES string of the molecule is CCCC(C(=O)Nc1nnc(C)s1)N1C(=O)COc2ccccc21. The highest BCUT2D eigenvalue weighted by atomic mass is 32.1. The van der Waals surface area contributed by atoms with Gasteiger partial charge in [0.25, 0.3) is 5.91 Å². The number of rotatable bonds is 5. The summed E-state index contributed by atoms with van der Waals surface area (Å²) in [5.74, 6) is 0.117. The molecule has 0 fully saturated rings. The Hall–Kier alpha value is -2.48. The van der Waals surface area contributed by atoms with Crippen molar-refractivity contribution in [3.05, 3.63) is 29.3 Å². The number of anilines is 2. The summed E-state index contributed by atoms with van der Waals surface area (Å²) in [4.78, 5) is 26.7. The van der Waals surface area contributed by atoms with E-state index in [4.69, 9.17) is 4.74 Å². The highest BCUT2D eigenvalue weighted by molar-refractivity contribution is 7.15. The number of carbonyl (C=O) groups is 2. The average molecular weight is 346 g/mol. The molecule has 2 heterocycles. The lowest BCUT2D eigenvalue weighted by Crippen LogP contribution is -2.51. The van der Waals surface area contributed by atoms with Gasteiger partial charge in [-0.15, -0.1) is 10.2 Å². The van der Waals surface area contributed by atoms with Gasteiger partial charge in [0.2, 0.25) is 11.0 Å². The van der Waals surface area contributed by atoms with E-state index in [0.29, 0.717) is 23.0 Å². The van der Waals surface area contributed by atoms with Crippen molar-refractivity contribution >= 4 is 34.0 Å². The number of amides is 2. The van der Waals surface area contributed by atoms with Crippen molar-refractivity contribution in [2.24, 2.45) is 0 Å². The Morgan fingerprint density at radius 2 is 2.21 bits per heavy atom. The minimum absolute atomic E-state index is 0.0670. The Morgan fingerprint density at radius 3 is 2.92 bits per heavy atom. The number of hydrogen-bond donors (Lipinski definition) is 1. The van der Waals surface area contributed by atoms with Crippen molar-refractivity contribution in [3.8, 4) is 5.75 Å². The van der Waals surface area contributed by atoms with Gasteiger partial charge >= 0.3 is 0 Å². The predicted molar refractivity (Wildman–Crippen MR) is 91.4 cm³/mol. The number of fused-ring (bicyclic) bond motifs is 1. The zero-order valence-electron chi connectivity index (χ0n) is 13.5. The van der Waals surface area contributed by atoms with Crippen LogP contribution in [0.25, 0.3) is 0 Å². The van der Waals surface area contributed by atoms with Crippen LogP contribution in [0.5, 0.6) is 5.75 Å². The lowest BCUT2D eigenvalue weighted by molar-refractivity contribution is -0.125. The molecule has 7 nitrogen and oxygen atoms in total. The van der Waals surface area contributed by atoms with E-state index in [1.807, 2.05) is 26.0 Å². The molecule has 0 saturated heterocycles. The fraction of sp³-hybridized carbons (Fsp3) is 0.375. The molecule has 2 aromatic rings. The maximum absolute atomic E-state index is 12.8. The van der Waals surface area contributed by atoms with Gasteiger partial charge in [-0.3, -0.25) is 19.8 Å². The number of nitrogens with one attached hydrogen (secondary N) is 1. The molecule has 1 aromatic heterocycles. The van der Waals surface area contributed by atoms with Crippen LogP contribution in [0.15, 0.2) is 24.3 Å². The van der Waals surface area contributed by atoms with Gasteiger partial charge in [0.1, 0.15) is 16.8 Å². The molecule has 1 atom stereocenters. The molecule has 8 heteroatoms. The quantitative estimate of drug-likeness (QED) is 0.898. The largest absolute Gasteiger partial charge is 0.482 e. The molecule has 1 unspecified atom stereocenters. The van der Waals surface area contributed by atoms with Gasteiger partial charge in [0.15, 0.2) is 6.61 Å². The van der Waals surface area contributed by atoms with Crippen molar-refractivity contribution in [3.63, 3.8) is 0 Å². The lowest BCUT2D eigenvalue weighted by atomic mass is 10.1. The summed E-state index contributed by atoms with van der Waals surface area (Å²) in [5, 5.41) is 11.8. The number of nitrogens with zero attached hydrogens (tertiary/aromatic N) is 3. The molecule has 0 bridgehead atoms. The zero-order valence-corrected chi connectivity index (χ0v) is 14.3. The second kappa shape index (κ2) is 6.96. The monoisotopic (exact) mass is 346 g/mol. The molecule has 0 aliphatic carbocycles. The molecule has 1 aromatic carbocycles. The summed E-state index contributed by atoms with van der Waals surface area (Å²) in [6.45, 7) is 3.73. The van der Waals surface area contributed by atoms with Crippen molar-refractivity contribution in [1.82, 2.24) is 10.2 Å². The van der Waals surface area contributed by atoms with E-state index < -0.39 is 6.04 Å². The number of aromatic nitrogens is 2. The van der Waals surface area contributed by atoms with Gasteiger partial charge in [0.05, 0.1) is 5.69 Å². The van der Waals surface area contributed by atoms with E-state index in [9.17, 15) is 9.59 Å². The number of aryl methyl sites for hydroxylation is 1. The normalized spacial score (nSPS) is 14.8. The first-order valence-electron chi connectivity index (χ1n) is 7.75. The van der Waals surface area contributed by atoms with E-state index in [1.54, 1.807) is 12.1 Å². The summed E-state index contributed by atoms with van der Waals surface area (Å²) >= 11 is 1.30. The van der Waals surface area contributed by atoms with Gasteiger partial charge < -0.3 is 4.74 Å². The van der Waals surface area contributed by atoms with E-state index in [-0.39, 0.29) is 18.4 Å². The molecule has 1 N–H and O–H groups in total. The van der Waals surface area contributed by atoms with Gasteiger partial charge in [-0.25, -0.2) is 0 Å². The van der Waals surface area contributed by atoms with E-state index in [1.165, 1.54) is 16.2 Å². The van der Waals surface area contributed by atoms with Crippen LogP contribution in [0.2, 0.25) is 0 Å². The number of benzene rings is 1. The van der Waals surface area contributed by atoms with Crippen molar-refractivity contribution in [2.75, 3.05) is 16.8 Å². The fourth-order valence-electron chi connectivity index (χ4n) is 2.65. The first kappa shape index (κ1) is 16.4. The standard InChI is InChI=1S/C16H18N4O3S/c1-3-6-12(15(22)17-16-19-18-10(2)24-16)20-11-7-4-5-8-13(11)23-9-14(20)21/h4-5,7-8,12H,3,6,9H2,1-2H3,(H,17,19,22). The van der Waals surface area contributed by atoms with E-state index in [2.05, 4.69) is 15.5 Å². The van der Waals surface area contributed by atoms with Gasteiger partial charge in [-0.1, -0.05) is 36.8 Å². The van der Waals surface area contributed by atoms with Gasteiger partial charge in [-0.2, -0.15) is 0 Å². The van der Waals surface area contributed by atoms with Crippen molar-refractivity contribution < 1.29 is 14.3 Å². The predicted octanol–water partition coefficient (Wildman–Crippen LogP) is 2.38. The molecule has 0 spiro atoms. The van der Waals surface area contributed by atoms with E-state index >= 15 is 0 Å². The van der Waals surface area contributed by atoms with Crippen LogP contribution >= 0.6 is 11.3 Å². The Bertz CT molecular complexity index is 761. The number of hydrogen-bond acceptors (Lipinski definition) is 6. The lowest BCUT2D eigenvalue weighted by Gasteiger charge is -2.34. The van der Waals surface area contributed by atoms with Crippen LogP contribution < -0.4 is 15.0 Å². The van der Waals surface area contributed by atoms with Crippen molar-refractivity contribution in [1.29, 1.82) is 0 Å². The third-order valence-corrected chi connectivity index (χ3v) is 4.43. The van der Waals surface area contributed by atoms with Crippen molar-refractivity contribution in [2.45, 2.75) is 32.7 Å². The topological polar surface area (TPSA) is 84.4 Å². The fourth-order valence-corrected chi connectivity index (χ4v) is 3.24. The Kier molecular flexibility index (Phi) is 4.75. The van der Waals surface area contributed by atoms with Crippen LogP contribution in [0.1, 0.15) is 24.8 Å². The molecule has 126 valence electrons. The second-order valence-corrected chi connectivity index (χ2v) is 6.62. The number of para-hydroxylation sites is 2. The molecule has 0 saturated carbocycles. The Labute approximate surface area is 143 Å². The molecule has 1 aliphatic rings.